The Morgan fingerprint density at radius 1 is 0.727 bits per heavy atom. The molecule has 0 bridgehead atoms. The van der Waals surface area contributed by atoms with Crippen molar-refractivity contribution in [1.82, 2.24) is 0 Å². The molecule has 2 heteroatoms. The maximum Gasteiger partial charge on any atom is 0.255 e. The molecule has 1 N–H and O–H groups in total. The van der Waals surface area contributed by atoms with Gasteiger partial charge in [0.1, 0.15) is 0 Å². The summed E-state index contributed by atoms with van der Waals surface area (Å²) >= 11 is 0. The average molecular weight is 286 g/mol. The number of hydrogen-bond donors (Lipinski definition) is 1. The molecule has 1 radical (unpaired) electrons. The zero-order chi connectivity index (χ0) is 15.4. The van der Waals surface area contributed by atoms with Gasteiger partial charge in [-0.1, -0.05) is 54.6 Å². The molecule has 0 heterocycles. The highest BCUT2D eigenvalue weighted by Gasteiger charge is 2.06. The number of nitrogens with one attached hydrogen (secondary N) is 1. The number of benzene rings is 3. The third kappa shape index (κ3) is 3.23. The van der Waals surface area contributed by atoms with E-state index >= 15 is 0 Å². The van der Waals surface area contributed by atoms with Gasteiger partial charge in [0.2, 0.25) is 0 Å². The number of hydrogen-bond acceptors (Lipinski definition) is 1. The van der Waals surface area contributed by atoms with E-state index < -0.39 is 0 Å². The van der Waals surface area contributed by atoms with Gasteiger partial charge < -0.3 is 5.32 Å². The zero-order valence-corrected chi connectivity index (χ0v) is 12.1. The van der Waals surface area contributed by atoms with Crippen LogP contribution in [0.3, 0.4) is 0 Å². The van der Waals surface area contributed by atoms with Gasteiger partial charge in [-0.15, -0.1) is 0 Å². The molecule has 1 amide bonds. The zero-order valence-electron chi connectivity index (χ0n) is 12.1. The molecule has 3 rings (SSSR count). The fourth-order valence-corrected chi connectivity index (χ4v) is 2.24. The van der Waals surface area contributed by atoms with Gasteiger partial charge in [0, 0.05) is 11.3 Å². The summed E-state index contributed by atoms with van der Waals surface area (Å²) in [7, 11) is 0. The fourth-order valence-electron chi connectivity index (χ4n) is 2.24. The highest BCUT2D eigenvalue weighted by Crippen LogP contribution is 2.19. The van der Waals surface area contributed by atoms with E-state index in [0.29, 0.717) is 5.56 Å². The second kappa shape index (κ2) is 6.27. The maximum atomic E-state index is 12.2. The van der Waals surface area contributed by atoms with E-state index in [4.69, 9.17) is 0 Å². The largest absolute Gasteiger partial charge is 0.322 e. The number of carbonyl (C=O) groups excluding carboxylic acids is 1. The van der Waals surface area contributed by atoms with Crippen LogP contribution in [0.2, 0.25) is 0 Å². The van der Waals surface area contributed by atoms with Crippen LogP contribution in [-0.2, 0) is 0 Å². The molecule has 0 saturated carbocycles. The Hall–Kier alpha value is -2.87. The van der Waals surface area contributed by atoms with Crippen molar-refractivity contribution in [1.29, 1.82) is 0 Å². The van der Waals surface area contributed by atoms with E-state index in [2.05, 4.69) is 24.4 Å². The van der Waals surface area contributed by atoms with Crippen LogP contribution < -0.4 is 5.32 Å². The second-order valence-electron chi connectivity index (χ2n) is 5.09. The predicted octanol–water partition coefficient (Wildman–Crippen LogP) is 4.79. The van der Waals surface area contributed by atoms with Crippen molar-refractivity contribution < 1.29 is 4.79 Å². The maximum absolute atomic E-state index is 12.2. The standard InChI is InChI=1S/C20H16NO/c1-15-7-13-19(14-8-15)21-20(22)18-11-9-17(10-12-18)16-5-3-2-4-6-16/h2-14H,1H2,(H,21,22). The van der Waals surface area contributed by atoms with Gasteiger partial charge >= 0.3 is 0 Å². The van der Waals surface area contributed by atoms with Gasteiger partial charge in [-0.3, -0.25) is 4.79 Å². The van der Waals surface area contributed by atoms with Gasteiger partial charge in [-0.25, -0.2) is 0 Å². The highest BCUT2D eigenvalue weighted by molar-refractivity contribution is 6.04. The molecule has 0 aliphatic carbocycles. The molecule has 0 saturated heterocycles. The molecule has 107 valence electrons. The smallest absolute Gasteiger partial charge is 0.255 e. The second-order valence-corrected chi connectivity index (χ2v) is 5.09. The summed E-state index contributed by atoms with van der Waals surface area (Å²) < 4.78 is 0. The van der Waals surface area contributed by atoms with Gasteiger partial charge in [-0.2, -0.15) is 0 Å². The predicted molar refractivity (Wildman–Crippen MR) is 90.7 cm³/mol. The van der Waals surface area contributed by atoms with Gasteiger partial charge in [-0.05, 0) is 47.9 Å². The Morgan fingerprint density at radius 2 is 1.32 bits per heavy atom. The lowest BCUT2D eigenvalue weighted by Gasteiger charge is -2.07. The van der Waals surface area contributed by atoms with Gasteiger partial charge in [0.05, 0.1) is 0 Å². The Morgan fingerprint density at radius 3 is 1.95 bits per heavy atom. The molecule has 0 unspecified atom stereocenters. The third-order valence-electron chi connectivity index (χ3n) is 3.47. The summed E-state index contributed by atoms with van der Waals surface area (Å²) in [5.74, 6) is -0.114. The van der Waals surface area contributed by atoms with E-state index in [1.807, 2.05) is 66.7 Å². The van der Waals surface area contributed by atoms with Crippen molar-refractivity contribution in [3.63, 3.8) is 0 Å². The van der Waals surface area contributed by atoms with Crippen molar-refractivity contribution >= 4 is 11.6 Å². The fraction of sp³-hybridized carbons (Fsp3) is 0. The van der Waals surface area contributed by atoms with E-state index in [1.54, 1.807) is 0 Å². The molecular formula is C20H16NO. The molecule has 3 aromatic carbocycles. The minimum absolute atomic E-state index is 0.114. The minimum atomic E-state index is -0.114. The third-order valence-corrected chi connectivity index (χ3v) is 3.47. The SMILES string of the molecule is [CH2]c1ccc(NC(=O)c2ccc(-c3ccccc3)cc2)cc1. The monoisotopic (exact) mass is 286 g/mol. The van der Waals surface area contributed by atoms with Crippen LogP contribution in [-0.4, -0.2) is 5.91 Å². The molecule has 0 atom stereocenters. The summed E-state index contributed by atoms with van der Waals surface area (Å²) in [4.78, 5) is 12.2. The van der Waals surface area contributed by atoms with Crippen LogP contribution in [0.5, 0.6) is 0 Å². The summed E-state index contributed by atoms with van der Waals surface area (Å²) in [5, 5.41) is 2.88. The van der Waals surface area contributed by atoms with Crippen LogP contribution in [0.4, 0.5) is 5.69 Å². The molecule has 0 aliphatic heterocycles. The summed E-state index contributed by atoms with van der Waals surface area (Å²) in [5.41, 5.74) is 4.56. The highest BCUT2D eigenvalue weighted by atomic mass is 16.1. The summed E-state index contributed by atoms with van der Waals surface area (Å²) in [6, 6.07) is 25.1. The van der Waals surface area contributed by atoms with Gasteiger partial charge in [0.25, 0.3) is 5.91 Å². The number of anilines is 1. The van der Waals surface area contributed by atoms with Crippen molar-refractivity contribution in [3.05, 3.63) is 96.9 Å². The van der Waals surface area contributed by atoms with Crippen LogP contribution in [0.15, 0.2) is 78.9 Å². The Labute approximate surface area is 130 Å². The topological polar surface area (TPSA) is 29.1 Å². The van der Waals surface area contributed by atoms with Crippen LogP contribution in [0, 0.1) is 6.92 Å². The first-order chi connectivity index (χ1) is 10.7. The lowest BCUT2D eigenvalue weighted by molar-refractivity contribution is 0.102. The quantitative estimate of drug-likeness (QED) is 0.737. The summed E-state index contributed by atoms with van der Waals surface area (Å²) in [6.45, 7) is 3.82. The Bertz CT molecular complexity index is 759. The van der Waals surface area contributed by atoms with Crippen molar-refractivity contribution in [2.24, 2.45) is 0 Å². The molecule has 0 spiro atoms. The first-order valence-electron chi connectivity index (χ1n) is 7.11. The number of carbonyl (C=O) groups is 1. The van der Waals surface area contributed by atoms with E-state index in [1.165, 1.54) is 0 Å². The van der Waals surface area contributed by atoms with Crippen molar-refractivity contribution in [3.8, 4) is 11.1 Å². The van der Waals surface area contributed by atoms with Crippen LogP contribution in [0.25, 0.3) is 11.1 Å². The molecular weight excluding hydrogens is 270 g/mol. The van der Waals surface area contributed by atoms with Crippen LogP contribution >= 0.6 is 0 Å². The van der Waals surface area contributed by atoms with E-state index in [-0.39, 0.29) is 5.91 Å². The lowest BCUT2D eigenvalue weighted by Crippen LogP contribution is -2.11. The van der Waals surface area contributed by atoms with Crippen molar-refractivity contribution in [2.75, 3.05) is 5.32 Å². The molecule has 0 aromatic heterocycles. The first-order valence-corrected chi connectivity index (χ1v) is 7.11. The molecule has 0 fully saturated rings. The number of amides is 1. The normalized spacial score (nSPS) is 10.2. The van der Waals surface area contributed by atoms with Crippen molar-refractivity contribution in [2.45, 2.75) is 0 Å². The molecule has 0 aliphatic rings. The first kappa shape index (κ1) is 14.1. The Kier molecular flexibility index (Phi) is 4.01. The minimum Gasteiger partial charge on any atom is -0.322 e. The Balaban J connectivity index is 1.75. The van der Waals surface area contributed by atoms with E-state index in [0.717, 1.165) is 22.4 Å². The van der Waals surface area contributed by atoms with Gasteiger partial charge in [0.15, 0.2) is 0 Å². The molecule has 2 nitrogen and oxygen atoms in total. The average Bonchev–Trinajstić information content (AvgIpc) is 2.58. The molecule has 22 heavy (non-hydrogen) atoms. The number of rotatable bonds is 3. The van der Waals surface area contributed by atoms with Crippen LogP contribution in [0.1, 0.15) is 15.9 Å². The van der Waals surface area contributed by atoms with E-state index in [9.17, 15) is 4.79 Å². The lowest BCUT2D eigenvalue weighted by atomic mass is 10.0. The molecule has 3 aromatic rings. The summed E-state index contributed by atoms with van der Waals surface area (Å²) in [6.07, 6.45) is 0.